The molecule has 0 radical (unpaired) electrons. The van der Waals surface area contributed by atoms with Crippen LogP contribution in [0.4, 0.5) is 5.69 Å². The Hall–Kier alpha value is -1.76. The van der Waals surface area contributed by atoms with Crippen molar-refractivity contribution in [2.24, 2.45) is 0 Å². The van der Waals surface area contributed by atoms with Crippen LogP contribution in [-0.2, 0) is 6.42 Å². The zero-order valence-corrected chi connectivity index (χ0v) is 11.2. The molecule has 1 atom stereocenters. The van der Waals surface area contributed by atoms with E-state index in [9.17, 15) is 0 Å². The van der Waals surface area contributed by atoms with Crippen molar-refractivity contribution in [3.05, 3.63) is 64.2 Å². The van der Waals surface area contributed by atoms with Crippen LogP contribution in [0.5, 0.6) is 0 Å². The van der Waals surface area contributed by atoms with Gasteiger partial charge < -0.3 is 5.32 Å². The molecule has 2 aromatic carbocycles. The van der Waals surface area contributed by atoms with Crippen LogP contribution in [0.2, 0.25) is 0 Å². The van der Waals surface area contributed by atoms with Gasteiger partial charge in [-0.05, 0) is 43.9 Å². The molecule has 1 heteroatoms. The van der Waals surface area contributed by atoms with Crippen molar-refractivity contribution < 1.29 is 0 Å². The molecule has 1 N–H and O–H groups in total. The van der Waals surface area contributed by atoms with E-state index in [1.807, 2.05) is 0 Å². The summed E-state index contributed by atoms with van der Waals surface area (Å²) in [5, 5.41) is 3.67. The highest BCUT2D eigenvalue weighted by Crippen LogP contribution is 2.37. The molecule has 0 aliphatic carbocycles. The molecule has 0 saturated carbocycles. The molecular formula is C17H19N. The molecule has 0 spiro atoms. The van der Waals surface area contributed by atoms with Gasteiger partial charge in [-0.3, -0.25) is 0 Å². The lowest BCUT2D eigenvalue weighted by atomic mass is 9.99. The van der Waals surface area contributed by atoms with Gasteiger partial charge >= 0.3 is 0 Å². The molecular weight excluding hydrogens is 218 g/mol. The summed E-state index contributed by atoms with van der Waals surface area (Å²) in [6.45, 7) is 6.52. The minimum atomic E-state index is 0.431. The minimum Gasteiger partial charge on any atom is -0.377 e. The lowest BCUT2D eigenvalue weighted by Gasteiger charge is -2.13. The van der Waals surface area contributed by atoms with Gasteiger partial charge in [0.25, 0.3) is 0 Å². The molecule has 0 saturated heterocycles. The Kier molecular flexibility index (Phi) is 2.62. The number of fused-ring (bicyclic) bond motifs is 1. The molecule has 92 valence electrons. The summed E-state index contributed by atoms with van der Waals surface area (Å²) in [7, 11) is 0. The third-order valence-electron chi connectivity index (χ3n) is 3.75. The van der Waals surface area contributed by atoms with E-state index < -0.39 is 0 Å². The first-order valence-electron chi connectivity index (χ1n) is 6.57. The highest BCUT2D eigenvalue weighted by atomic mass is 15.0. The molecule has 18 heavy (non-hydrogen) atoms. The molecule has 2 aromatic rings. The van der Waals surface area contributed by atoms with E-state index >= 15 is 0 Å². The second-order valence-electron chi connectivity index (χ2n) is 5.43. The minimum absolute atomic E-state index is 0.431. The van der Waals surface area contributed by atoms with Crippen LogP contribution < -0.4 is 5.32 Å². The van der Waals surface area contributed by atoms with Crippen molar-refractivity contribution in [3.63, 3.8) is 0 Å². The summed E-state index contributed by atoms with van der Waals surface area (Å²) < 4.78 is 0. The van der Waals surface area contributed by atoms with Gasteiger partial charge in [-0.2, -0.15) is 0 Å². The van der Waals surface area contributed by atoms with Gasteiger partial charge in [0.15, 0.2) is 0 Å². The maximum absolute atomic E-state index is 3.67. The normalized spacial score (nSPS) is 17.4. The average Bonchev–Trinajstić information content (AvgIpc) is 2.73. The van der Waals surface area contributed by atoms with E-state index in [1.54, 1.807) is 0 Å². The fourth-order valence-corrected chi connectivity index (χ4v) is 2.96. The summed E-state index contributed by atoms with van der Waals surface area (Å²) in [5.74, 6) is 0. The molecule has 0 bridgehead atoms. The molecule has 1 aliphatic rings. The lowest BCUT2D eigenvalue weighted by molar-refractivity contribution is 0.822. The standard InChI is InChI=1S/C17H19N/c1-11-5-4-6-14(8-11)16-10-15-9-12(2)7-13(3)17(15)18-16/h4-9,16,18H,10H2,1-3H3. The number of benzene rings is 2. The predicted molar refractivity (Wildman–Crippen MR) is 77.2 cm³/mol. The molecule has 3 rings (SSSR count). The molecule has 0 aromatic heterocycles. The van der Waals surface area contributed by atoms with Crippen molar-refractivity contribution >= 4 is 5.69 Å². The zero-order valence-electron chi connectivity index (χ0n) is 11.2. The van der Waals surface area contributed by atoms with Crippen molar-refractivity contribution in [2.75, 3.05) is 5.32 Å². The van der Waals surface area contributed by atoms with Crippen LogP contribution in [0.15, 0.2) is 36.4 Å². The van der Waals surface area contributed by atoms with E-state index in [4.69, 9.17) is 0 Å². The van der Waals surface area contributed by atoms with Gasteiger partial charge in [0.1, 0.15) is 0 Å². The monoisotopic (exact) mass is 237 g/mol. The van der Waals surface area contributed by atoms with Crippen LogP contribution in [0.3, 0.4) is 0 Å². The summed E-state index contributed by atoms with van der Waals surface area (Å²) in [6.07, 6.45) is 1.10. The average molecular weight is 237 g/mol. The second-order valence-corrected chi connectivity index (χ2v) is 5.43. The first-order chi connectivity index (χ1) is 8.63. The second kappa shape index (κ2) is 4.16. The van der Waals surface area contributed by atoms with Crippen LogP contribution in [0.25, 0.3) is 0 Å². The molecule has 1 aliphatic heterocycles. The molecule has 1 unspecified atom stereocenters. The maximum atomic E-state index is 3.67. The molecule has 0 amide bonds. The Morgan fingerprint density at radius 3 is 2.61 bits per heavy atom. The number of rotatable bonds is 1. The van der Waals surface area contributed by atoms with Crippen LogP contribution >= 0.6 is 0 Å². The highest BCUT2D eigenvalue weighted by Gasteiger charge is 2.23. The molecule has 1 nitrogen and oxygen atoms in total. The van der Waals surface area contributed by atoms with Crippen molar-refractivity contribution in [3.8, 4) is 0 Å². The maximum Gasteiger partial charge on any atom is 0.0555 e. The molecule has 0 fully saturated rings. The topological polar surface area (TPSA) is 12.0 Å². The van der Waals surface area contributed by atoms with E-state index in [0.29, 0.717) is 6.04 Å². The van der Waals surface area contributed by atoms with E-state index in [-0.39, 0.29) is 0 Å². The number of hydrogen-bond donors (Lipinski definition) is 1. The summed E-state index contributed by atoms with van der Waals surface area (Å²) in [5.41, 5.74) is 8.24. The van der Waals surface area contributed by atoms with Gasteiger partial charge in [0.2, 0.25) is 0 Å². The number of anilines is 1. The fraction of sp³-hybridized carbons (Fsp3) is 0.294. The van der Waals surface area contributed by atoms with Gasteiger partial charge in [0.05, 0.1) is 6.04 Å². The highest BCUT2D eigenvalue weighted by molar-refractivity contribution is 5.64. The Balaban J connectivity index is 1.96. The van der Waals surface area contributed by atoms with Gasteiger partial charge in [-0.1, -0.05) is 47.5 Å². The number of nitrogens with one attached hydrogen (secondary N) is 1. The molecule has 1 heterocycles. The Labute approximate surface area is 109 Å². The largest absolute Gasteiger partial charge is 0.377 e. The third-order valence-corrected chi connectivity index (χ3v) is 3.75. The van der Waals surface area contributed by atoms with E-state index in [1.165, 1.54) is 33.5 Å². The van der Waals surface area contributed by atoms with Gasteiger partial charge in [-0.15, -0.1) is 0 Å². The fourth-order valence-electron chi connectivity index (χ4n) is 2.96. The Morgan fingerprint density at radius 2 is 1.83 bits per heavy atom. The van der Waals surface area contributed by atoms with Crippen molar-refractivity contribution in [1.29, 1.82) is 0 Å². The lowest BCUT2D eigenvalue weighted by Crippen LogP contribution is -2.05. The first kappa shape index (κ1) is 11.3. The third kappa shape index (κ3) is 1.90. The van der Waals surface area contributed by atoms with Gasteiger partial charge in [0, 0.05) is 5.69 Å². The predicted octanol–water partition coefficient (Wildman–Crippen LogP) is 4.32. The quantitative estimate of drug-likeness (QED) is 0.778. The van der Waals surface area contributed by atoms with Gasteiger partial charge in [-0.25, -0.2) is 0 Å². The van der Waals surface area contributed by atoms with Crippen LogP contribution in [0.1, 0.15) is 33.9 Å². The van der Waals surface area contributed by atoms with Crippen molar-refractivity contribution in [2.45, 2.75) is 33.2 Å². The summed E-state index contributed by atoms with van der Waals surface area (Å²) in [4.78, 5) is 0. The SMILES string of the molecule is Cc1cccc(C2Cc3cc(C)cc(C)c3N2)c1. The Morgan fingerprint density at radius 1 is 1.00 bits per heavy atom. The first-order valence-corrected chi connectivity index (χ1v) is 6.57. The van der Waals surface area contributed by atoms with Crippen LogP contribution in [0, 0.1) is 20.8 Å². The van der Waals surface area contributed by atoms with E-state index in [0.717, 1.165) is 6.42 Å². The zero-order chi connectivity index (χ0) is 12.7. The smallest absolute Gasteiger partial charge is 0.0555 e. The number of hydrogen-bond acceptors (Lipinski definition) is 1. The summed E-state index contributed by atoms with van der Waals surface area (Å²) in [6, 6.07) is 13.8. The summed E-state index contributed by atoms with van der Waals surface area (Å²) >= 11 is 0. The number of aryl methyl sites for hydroxylation is 3. The van der Waals surface area contributed by atoms with E-state index in [2.05, 4.69) is 62.5 Å². The van der Waals surface area contributed by atoms with Crippen molar-refractivity contribution in [1.82, 2.24) is 0 Å². The Bertz CT molecular complexity index is 599. The van der Waals surface area contributed by atoms with Crippen LogP contribution in [-0.4, -0.2) is 0 Å².